The van der Waals surface area contributed by atoms with Gasteiger partial charge < -0.3 is 10.2 Å². The van der Waals surface area contributed by atoms with Crippen LogP contribution in [0.4, 0.5) is 4.79 Å². The van der Waals surface area contributed by atoms with Gasteiger partial charge in [-0.25, -0.2) is 10.2 Å². The molecule has 180 valence electrons. The number of carbonyl (C=O) groups is 2. The average molecular weight is 482 g/mol. The highest BCUT2D eigenvalue weighted by atomic mass is 16.4. The number of rotatable bonds is 6. The van der Waals surface area contributed by atoms with Crippen LogP contribution in [0.2, 0.25) is 0 Å². The van der Waals surface area contributed by atoms with Gasteiger partial charge in [0.25, 0.3) is 0 Å². The number of aromatic nitrogens is 3. The van der Waals surface area contributed by atoms with Crippen LogP contribution in [0.15, 0.2) is 91.0 Å². The lowest BCUT2D eigenvalue weighted by Crippen LogP contribution is -2.46. The minimum atomic E-state index is -1.35. The van der Waals surface area contributed by atoms with Crippen LogP contribution in [0, 0.1) is 0 Å². The third-order valence-corrected chi connectivity index (χ3v) is 5.86. The maximum absolute atomic E-state index is 13.4. The third-order valence-electron chi connectivity index (χ3n) is 5.86. The molecular formula is C27H23N5O4. The summed E-state index contributed by atoms with van der Waals surface area (Å²) in [5, 5.41) is 26.2. The van der Waals surface area contributed by atoms with Gasteiger partial charge in [-0.3, -0.25) is 19.5 Å². The minimum Gasteiger partial charge on any atom is -0.505 e. The second-order valence-electron chi connectivity index (χ2n) is 8.44. The Bertz CT molecular complexity index is 1450. The maximum atomic E-state index is 13.4. The fourth-order valence-corrected chi connectivity index (χ4v) is 4.34. The van der Waals surface area contributed by atoms with Crippen LogP contribution in [-0.4, -0.2) is 41.9 Å². The van der Waals surface area contributed by atoms with Gasteiger partial charge in [-0.05, 0) is 47.4 Å². The summed E-state index contributed by atoms with van der Waals surface area (Å²) in [6.07, 6.45) is 4.29. The molecule has 3 heterocycles. The fraction of sp³-hybridized carbons (Fsp3) is 0.111. The SMILES string of the molecule is O=C(O)NN1Cc2cccnc2C(=O)C1=C(O)c1cc(Cc2ccccc2)cc(Cn2cccn2)c1. The number of nitrogens with one attached hydrogen (secondary N) is 1. The highest BCUT2D eigenvalue weighted by Gasteiger charge is 2.33. The molecule has 2 aromatic carbocycles. The van der Waals surface area contributed by atoms with Crippen LogP contribution in [0.5, 0.6) is 0 Å². The maximum Gasteiger partial charge on any atom is 0.423 e. The predicted molar refractivity (Wildman–Crippen MR) is 132 cm³/mol. The summed E-state index contributed by atoms with van der Waals surface area (Å²) in [6.45, 7) is 0.505. The van der Waals surface area contributed by atoms with E-state index in [1.165, 1.54) is 6.20 Å². The molecule has 3 N–H and O–H groups in total. The first-order valence-electron chi connectivity index (χ1n) is 11.3. The van der Waals surface area contributed by atoms with Crippen LogP contribution >= 0.6 is 0 Å². The first kappa shape index (κ1) is 22.9. The van der Waals surface area contributed by atoms with E-state index in [0.717, 1.165) is 21.7 Å². The Kier molecular flexibility index (Phi) is 6.19. The number of allylic oxidation sites excluding steroid dienone is 1. The molecule has 1 amide bonds. The Hall–Kier alpha value is -4.92. The van der Waals surface area contributed by atoms with Crippen molar-refractivity contribution in [3.05, 3.63) is 125 Å². The second kappa shape index (κ2) is 9.75. The fourth-order valence-electron chi connectivity index (χ4n) is 4.34. The molecule has 36 heavy (non-hydrogen) atoms. The number of carbonyl (C=O) groups excluding carboxylic acids is 1. The van der Waals surface area contributed by atoms with Crippen LogP contribution < -0.4 is 5.43 Å². The summed E-state index contributed by atoms with van der Waals surface area (Å²) in [6, 6.07) is 20.7. The second-order valence-corrected chi connectivity index (χ2v) is 8.44. The lowest BCUT2D eigenvalue weighted by Gasteiger charge is -2.31. The summed E-state index contributed by atoms with van der Waals surface area (Å²) in [5.74, 6) is -0.896. The smallest absolute Gasteiger partial charge is 0.423 e. The Morgan fingerprint density at radius 1 is 0.944 bits per heavy atom. The quantitative estimate of drug-likeness (QED) is 0.281. The number of carboxylic acid groups (broad SMARTS) is 1. The average Bonchev–Trinajstić information content (AvgIpc) is 3.37. The van der Waals surface area contributed by atoms with Gasteiger partial charge in [-0.1, -0.05) is 42.5 Å². The molecule has 0 atom stereocenters. The lowest BCUT2D eigenvalue weighted by atomic mass is 9.96. The van der Waals surface area contributed by atoms with Gasteiger partial charge in [0.05, 0.1) is 13.1 Å². The van der Waals surface area contributed by atoms with Gasteiger partial charge in [-0.2, -0.15) is 5.10 Å². The van der Waals surface area contributed by atoms with Crippen molar-refractivity contribution in [3.8, 4) is 0 Å². The molecule has 1 aliphatic heterocycles. The number of aliphatic hydroxyl groups excluding tert-OH is 1. The number of hydrazine groups is 1. The molecule has 0 radical (unpaired) electrons. The molecule has 0 unspecified atom stereocenters. The number of pyridine rings is 1. The Balaban J connectivity index is 1.62. The number of ketones is 1. The minimum absolute atomic E-state index is 0.0461. The van der Waals surface area contributed by atoms with Gasteiger partial charge in [0, 0.05) is 29.7 Å². The Labute approximate surface area is 206 Å². The number of hydrogen-bond donors (Lipinski definition) is 3. The molecular weight excluding hydrogens is 458 g/mol. The van der Waals surface area contributed by atoms with E-state index >= 15 is 0 Å². The van der Waals surface area contributed by atoms with Gasteiger partial charge >= 0.3 is 6.09 Å². The number of Topliss-reactive ketones (excluding diaryl/α,β-unsaturated/α-hetero) is 1. The van der Waals surface area contributed by atoms with Gasteiger partial charge in [0.2, 0.25) is 5.78 Å². The third kappa shape index (κ3) is 4.80. The molecule has 5 rings (SSSR count). The lowest BCUT2D eigenvalue weighted by molar-refractivity contribution is 0.0921. The van der Waals surface area contributed by atoms with Crippen molar-refractivity contribution in [2.45, 2.75) is 19.5 Å². The highest BCUT2D eigenvalue weighted by Crippen LogP contribution is 2.30. The topological polar surface area (TPSA) is 121 Å². The molecule has 9 heteroatoms. The van der Waals surface area contributed by atoms with E-state index in [9.17, 15) is 19.8 Å². The molecule has 0 saturated heterocycles. The highest BCUT2D eigenvalue weighted by molar-refractivity contribution is 6.12. The van der Waals surface area contributed by atoms with Crippen molar-refractivity contribution in [1.29, 1.82) is 0 Å². The van der Waals surface area contributed by atoms with Crippen molar-refractivity contribution in [2.24, 2.45) is 0 Å². The molecule has 1 aliphatic rings. The molecule has 9 nitrogen and oxygen atoms in total. The van der Waals surface area contributed by atoms with Crippen molar-refractivity contribution in [1.82, 2.24) is 25.2 Å². The zero-order chi connectivity index (χ0) is 25.1. The van der Waals surface area contributed by atoms with E-state index in [1.807, 2.05) is 54.7 Å². The molecule has 2 aromatic heterocycles. The van der Waals surface area contributed by atoms with E-state index in [0.29, 0.717) is 24.1 Å². The number of nitrogens with zero attached hydrogens (tertiary/aromatic N) is 4. The van der Waals surface area contributed by atoms with Crippen LogP contribution in [0.25, 0.3) is 5.76 Å². The van der Waals surface area contributed by atoms with Crippen LogP contribution in [-0.2, 0) is 19.5 Å². The van der Waals surface area contributed by atoms with Gasteiger partial charge in [-0.15, -0.1) is 0 Å². The van der Waals surface area contributed by atoms with E-state index < -0.39 is 11.9 Å². The van der Waals surface area contributed by atoms with Crippen molar-refractivity contribution < 1.29 is 19.8 Å². The van der Waals surface area contributed by atoms with E-state index in [2.05, 4.69) is 15.5 Å². The Morgan fingerprint density at radius 2 is 1.75 bits per heavy atom. The number of hydrogen-bond acceptors (Lipinski definition) is 6. The normalized spacial score (nSPS) is 14.3. The van der Waals surface area contributed by atoms with Gasteiger partial charge in [0.1, 0.15) is 11.4 Å². The number of fused-ring (bicyclic) bond motifs is 1. The molecule has 0 aliphatic carbocycles. The van der Waals surface area contributed by atoms with Crippen molar-refractivity contribution in [2.75, 3.05) is 0 Å². The number of amides is 1. The monoisotopic (exact) mass is 481 g/mol. The first-order valence-corrected chi connectivity index (χ1v) is 11.3. The summed E-state index contributed by atoms with van der Waals surface area (Å²) >= 11 is 0. The summed E-state index contributed by atoms with van der Waals surface area (Å²) < 4.78 is 1.76. The molecule has 0 saturated carbocycles. The number of benzene rings is 2. The Morgan fingerprint density at radius 3 is 2.50 bits per heavy atom. The van der Waals surface area contributed by atoms with Crippen molar-refractivity contribution >= 4 is 17.6 Å². The largest absolute Gasteiger partial charge is 0.505 e. The number of aliphatic hydroxyl groups is 1. The van der Waals surface area contributed by atoms with Crippen molar-refractivity contribution in [3.63, 3.8) is 0 Å². The molecule has 0 fully saturated rings. The summed E-state index contributed by atoms with van der Waals surface area (Å²) in [4.78, 5) is 29.0. The first-order chi connectivity index (χ1) is 17.5. The van der Waals surface area contributed by atoms with Gasteiger partial charge in [0.15, 0.2) is 5.76 Å². The van der Waals surface area contributed by atoms with E-state index in [-0.39, 0.29) is 23.7 Å². The zero-order valence-corrected chi connectivity index (χ0v) is 19.2. The molecule has 4 aromatic rings. The summed E-state index contributed by atoms with van der Waals surface area (Å²) in [5.41, 5.74) is 6.07. The molecule has 0 bridgehead atoms. The zero-order valence-electron chi connectivity index (χ0n) is 19.2. The van der Waals surface area contributed by atoms with E-state index in [4.69, 9.17) is 0 Å². The predicted octanol–water partition coefficient (Wildman–Crippen LogP) is 4.02. The van der Waals surface area contributed by atoms with Crippen LogP contribution in [0.3, 0.4) is 0 Å². The summed E-state index contributed by atoms with van der Waals surface area (Å²) in [7, 11) is 0. The van der Waals surface area contributed by atoms with Crippen LogP contribution in [0.1, 0.15) is 38.3 Å². The molecule has 0 spiro atoms. The standard InChI is InChI=1S/C27H23N5O4/c33-25(24-26(34)23-21(8-4-9-28-23)17-32(24)30-27(35)36)22-14-19(12-18-6-2-1-3-7-18)13-20(15-22)16-31-11-5-10-29-31/h1-11,13-15,30,33H,12,16-17H2,(H,35,36). The van der Waals surface area contributed by atoms with E-state index in [1.54, 1.807) is 29.1 Å².